The van der Waals surface area contributed by atoms with E-state index in [-0.39, 0.29) is 74.6 Å². The van der Waals surface area contributed by atoms with E-state index >= 15 is 0 Å². The first-order chi connectivity index (χ1) is 38.1. The zero-order valence-electron chi connectivity index (χ0n) is 44.4. The number of aromatic hydroxyl groups is 1. The van der Waals surface area contributed by atoms with Gasteiger partial charge in [-0.15, -0.1) is 0 Å². The number of nitro groups is 1. The molecule has 0 aromatic heterocycles. The predicted molar refractivity (Wildman–Crippen MR) is 297 cm³/mol. The number of likely N-dealkylation sites (tertiary alicyclic amines) is 1. The lowest BCUT2D eigenvalue weighted by molar-refractivity contribution is -0.384. The van der Waals surface area contributed by atoms with Gasteiger partial charge in [-0.2, -0.15) is 0 Å². The second kappa shape index (κ2) is 31.1. The number of carbonyl (C=O) groups excluding carboxylic acids is 10. The lowest BCUT2D eigenvalue weighted by atomic mass is 9.99. The number of nitrogens with one attached hydrogen (secondary N) is 7. The number of carbonyl (C=O) groups is 10. The Bertz CT molecular complexity index is 2690. The maximum Gasteiger partial charge on any atom is 0.269 e. The first-order valence-corrected chi connectivity index (χ1v) is 28.6. The number of rotatable bonds is 20. The van der Waals surface area contributed by atoms with Crippen molar-refractivity contribution < 1.29 is 58.0 Å². The van der Waals surface area contributed by atoms with E-state index in [1.807, 2.05) is 0 Å². The number of benzene rings is 3. The fraction of sp³-hybridized carbons (Fsp3) is 0.472. The van der Waals surface area contributed by atoms with Gasteiger partial charge in [-0.25, -0.2) is 0 Å². The summed E-state index contributed by atoms with van der Waals surface area (Å²) in [6.07, 6.45) is 0.301. The van der Waals surface area contributed by atoms with E-state index in [4.69, 9.17) is 17.2 Å². The highest BCUT2D eigenvalue weighted by Crippen LogP contribution is 2.26. The van der Waals surface area contributed by atoms with Gasteiger partial charge in [-0.1, -0.05) is 90.0 Å². The van der Waals surface area contributed by atoms with Crippen LogP contribution in [0.2, 0.25) is 0 Å². The molecule has 14 N–H and O–H groups in total. The van der Waals surface area contributed by atoms with Gasteiger partial charge in [0.25, 0.3) is 5.69 Å². The predicted octanol–water partition coefficient (Wildman–Crippen LogP) is -0.356. The van der Waals surface area contributed by atoms with E-state index in [0.29, 0.717) is 36.0 Å². The van der Waals surface area contributed by atoms with Crippen molar-refractivity contribution in [1.29, 1.82) is 0 Å². The topological polar surface area (TPSA) is 400 Å². The molecule has 2 aliphatic heterocycles. The zero-order chi connectivity index (χ0) is 58.5. The van der Waals surface area contributed by atoms with Gasteiger partial charge in [0.05, 0.1) is 11.3 Å². The largest absolute Gasteiger partial charge is 0.508 e. The molecular weight excluding hydrogens is 1080 g/mol. The summed E-state index contributed by atoms with van der Waals surface area (Å²) in [6.45, 7) is 3.53. The van der Waals surface area contributed by atoms with Gasteiger partial charge in [-0.05, 0) is 73.4 Å². The first-order valence-electron chi connectivity index (χ1n) is 26.1. The van der Waals surface area contributed by atoms with Gasteiger partial charge >= 0.3 is 0 Å². The van der Waals surface area contributed by atoms with Crippen LogP contribution in [0.5, 0.6) is 5.75 Å². The summed E-state index contributed by atoms with van der Waals surface area (Å²) in [5.41, 5.74) is 18.4. The third-order valence-corrected chi connectivity index (χ3v) is 15.7. The smallest absolute Gasteiger partial charge is 0.269 e. The molecular formula is C53H70N12O13S2. The van der Waals surface area contributed by atoms with E-state index in [1.54, 1.807) is 56.3 Å². The van der Waals surface area contributed by atoms with Crippen LogP contribution < -0.4 is 54.4 Å². The third kappa shape index (κ3) is 19.5. The molecule has 2 saturated heterocycles. The van der Waals surface area contributed by atoms with Crippen LogP contribution in [0.25, 0.3) is 0 Å². The first kappa shape index (κ1) is 63.1. The van der Waals surface area contributed by atoms with Crippen molar-refractivity contribution in [3.63, 3.8) is 0 Å². The molecule has 5 rings (SSSR count). The maximum absolute atomic E-state index is 14.7. The molecule has 2 heterocycles. The number of non-ortho nitro benzene ring substituents is 1. The van der Waals surface area contributed by atoms with Crippen molar-refractivity contribution in [2.45, 2.75) is 126 Å². The molecule has 8 atom stereocenters. The summed E-state index contributed by atoms with van der Waals surface area (Å²) in [4.78, 5) is 151. The van der Waals surface area contributed by atoms with Crippen LogP contribution in [-0.2, 0) is 67.2 Å². The van der Waals surface area contributed by atoms with Gasteiger partial charge < -0.3 is 64.4 Å². The lowest BCUT2D eigenvalue weighted by Crippen LogP contribution is -2.61. The second-order valence-electron chi connectivity index (χ2n) is 19.7. The van der Waals surface area contributed by atoms with Crippen LogP contribution in [0.4, 0.5) is 5.69 Å². The quantitative estimate of drug-likeness (QED) is 0.0298. The number of amides is 10. The van der Waals surface area contributed by atoms with Crippen LogP contribution >= 0.6 is 21.6 Å². The summed E-state index contributed by atoms with van der Waals surface area (Å²) in [5, 5.41) is 39.7. The summed E-state index contributed by atoms with van der Waals surface area (Å²) < 4.78 is 0. The van der Waals surface area contributed by atoms with E-state index in [1.165, 1.54) is 41.3 Å². The molecule has 25 nitrogen and oxygen atoms in total. The van der Waals surface area contributed by atoms with Crippen LogP contribution in [0.1, 0.15) is 75.5 Å². The van der Waals surface area contributed by atoms with Crippen molar-refractivity contribution in [3.05, 3.63) is 106 Å². The number of nitro benzene ring substituents is 1. The molecule has 27 heteroatoms. The molecule has 0 saturated carbocycles. The Morgan fingerprint density at radius 1 is 0.750 bits per heavy atom. The van der Waals surface area contributed by atoms with Crippen LogP contribution in [0, 0.1) is 16.0 Å². The fourth-order valence-electron chi connectivity index (χ4n) is 8.91. The van der Waals surface area contributed by atoms with E-state index in [9.17, 15) is 63.2 Å². The maximum atomic E-state index is 14.7. The van der Waals surface area contributed by atoms with Crippen molar-refractivity contribution in [2.75, 3.05) is 24.6 Å². The van der Waals surface area contributed by atoms with Crippen LogP contribution in [-0.4, -0.2) is 147 Å². The number of nitrogens with two attached hydrogens (primary N) is 3. The number of nitrogens with zero attached hydrogens (tertiary/aromatic N) is 2. The van der Waals surface area contributed by atoms with Crippen LogP contribution in [0.15, 0.2) is 78.9 Å². The number of hydrogen-bond acceptors (Lipinski definition) is 16. The Morgan fingerprint density at radius 2 is 1.36 bits per heavy atom. The number of phenolic OH excluding ortho intramolecular Hbond substituents is 1. The molecule has 2 fully saturated rings. The molecule has 3 aromatic rings. The van der Waals surface area contributed by atoms with Gasteiger partial charge in [-0.3, -0.25) is 58.1 Å². The summed E-state index contributed by atoms with van der Waals surface area (Å²) in [6, 6.07) is 9.20. The minimum atomic E-state index is -1.69. The van der Waals surface area contributed by atoms with Gasteiger partial charge in [0, 0.05) is 55.9 Å². The van der Waals surface area contributed by atoms with Crippen molar-refractivity contribution in [3.8, 4) is 5.75 Å². The molecule has 0 bridgehead atoms. The average Bonchev–Trinajstić information content (AvgIpc) is 3.95. The molecule has 0 spiro atoms. The Hall–Kier alpha value is -7.78. The van der Waals surface area contributed by atoms with E-state index < -0.39 is 125 Å². The molecule has 0 unspecified atom stereocenters. The van der Waals surface area contributed by atoms with Crippen molar-refractivity contribution in [2.24, 2.45) is 23.1 Å². The average molecular weight is 1150 g/mol. The van der Waals surface area contributed by atoms with E-state index in [0.717, 1.165) is 21.6 Å². The molecule has 3 aromatic carbocycles. The normalized spacial score (nSPS) is 21.6. The number of hydrogen-bond donors (Lipinski definition) is 11. The Balaban J connectivity index is 1.42. The third-order valence-electron chi connectivity index (χ3n) is 13.2. The number of unbranched alkanes of at least 4 members (excludes halogenated alkanes) is 1. The standard InChI is InChI=1S/C53H70N12O13S2/c1-30(2)45-52(75)61-40(28-43(55)67)49(72)62-41(53(76)64-23-8-12-42(64)51(74)58-36(11-6-7-22-54)47(70)59-37(46(56)69)25-33-15-19-35(66)20-16-33)29-80-79-24-21-44(68)57-38(27-32-13-17-34(18-14-32)65(77)78)48(71)60-39(50(73)63-45)26-31-9-4-3-5-10-31/h3-5,9-10,13-20,30,36-42,45,66H,6-8,11-12,21-29,54H2,1-2H3,(H2,55,67)(H2,56,69)(H,57,68)(H,58,74)(H,59,70)(H,60,71)(H,61,75)(H,62,72)(H,63,73)/t36-,37+,38-,39-,40-,41-,42-,45-/m0/s1. The summed E-state index contributed by atoms with van der Waals surface area (Å²) in [5.74, 6) is -8.93. The second-order valence-corrected chi connectivity index (χ2v) is 22.4. The lowest BCUT2D eigenvalue weighted by Gasteiger charge is -2.31. The Labute approximate surface area is 470 Å². The minimum absolute atomic E-state index is 0.00881. The van der Waals surface area contributed by atoms with E-state index in [2.05, 4.69) is 37.2 Å². The van der Waals surface area contributed by atoms with Gasteiger partial charge in [0.15, 0.2) is 0 Å². The minimum Gasteiger partial charge on any atom is -0.508 e. The van der Waals surface area contributed by atoms with Crippen molar-refractivity contribution >= 4 is 86.3 Å². The number of primary amides is 2. The summed E-state index contributed by atoms with van der Waals surface area (Å²) >= 11 is 0. The highest BCUT2D eigenvalue weighted by Gasteiger charge is 2.41. The Kier molecular flexibility index (Phi) is 24.5. The summed E-state index contributed by atoms with van der Waals surface area (Å²) in [7, 11) is 2.21. The molecule has 10 amide bonds. The highest BCUT2D eigenvalue weighted by molar-refractivity contribution is 8.76. The fourth-order valence-corrected chi connectivity index (χ4v) is 11.1. The van der Waals surface area contributed by atoms with Crippen LogP contribution in [0.3, 0.4) is 0 Å². The molecule has 0 aliphatic carbocycles. The number of phenols is 1. The zero-order valence-corrected chi connectivity index (χ0v) is 46.0. The van der Waals surface area contributed by atoms with Gasteiger partial charge in [0.2, 0.25) is 59.1 Å². The molecule has 80 heavy (non-hydrogen) atoms. The molecule has 432 valence electrons. The van der Waals surface area contributed by atoms with Crippen molar-refractivity contribution in [1.82, 2.24) is 42.1 Å². The molecule has 0 radical (unpaired) electrons. The Morgan fingerprint density at radius 3 is 1.99 bits per heavy atom. The SMILES string of the molecule is CC(C)[C@@H]1NC(=O)[C@H](Cc2ccccc2)NC(=O)[C@H](Cc2ccc([N+](=O)[O-])cc2)NC(=O)CCSSC[C@@H](C(=O)N2CCC[C@H]2C(=O)N[C@@H](CCCCN)C(=O)N[C@H](Cc2ccc(O)cc2)C(N)=O)NC(=O)[C@H](CC(N)=O)NC1=O. The monoisotopic (exact) mass is 1150 g/mol. The highest BCUT2D eigenvalue weighted by atomic mass is 33.1. The molecule has 2 aliphatic rings. The van der Waals surface area contributed by atoms with Gasteiger partial charge in [0.1, 0.15) is 54.1 Å².